The number of fused-ring (bicyclic) bond motifs is 1. The molecule has 1 amide bonds. The lowest BCUT2D eigenvalue weighted by molar-refractivity contribution is -0.118. The van der Waals surface area contributed by atoms with Gasteiger partial charge in [-0.15, -0.1) is 0 Å². The number of benzene rings is 3. The highest BCUT2D eigenvalue weighted by atomic mass is 79.9. The van der Waals surface area contributed by atoms with Gasteiger partial charge in [-0.25, -0.2) is 4.98 Å². The molecule has 4 rings (SSSR count). The first-order valence-corrected chi connectivity index (χ1v) is 12.6. The Morgan fingerprint density at radius 3 is 2.72 bits per heavy atom. The molecule has 0 bridgehead atoms. The van der Waals surface area contributed by atoms with E-state index >= 15 is 0 Å². The molecule has 7 nitrogen and oxygen atoms in total. The zero-order valence-electron chi connectivity index (χ0n) is 20.2. The van der Waals surface area contributed by atoms with E-state index < -0.39 is 0 Å². The average molecular weight is 547 g/mol. The maximum Gasteiger partial charge on any atom is 0.282 e. The number of halogens is 1. The van der Waals surface area contributed by atoms with Gasteiger partial charge in [0.2, 0.25) is 0 Å². The van der Waals surface area contributed by atoms with Gasteiger partial charge in [0.25, 0.3) is 11.5 Å². The van der Waals surface area contributed by atoms with Gasteiger partial charge in [-0.3, -0.25) is 9.59 Å². The van der Waals surface area contributed by atoms with E-state index in [1.807, 2.05) is 55.5 Å². The van der Waals surface area contributed by atoms with Crippen LogP contribution in [0.2, 0.25) is 0 Å². The standard InChI is InChI=1S/C28H27BrN4O3/c1-3-4-8-26-32-25-14-11-21(29)16-24(25)28(35)33(26)30-17-20-6-5-7-23(15-20)36-18-27(34)31-22-12-9-19(2)10-13-22/h5-7,9-17H,3-4,8,18H2,1-2H3,(H,31,34). The summed E-state index contributed by atoms with van der Waals surface area (Å²) in [6.07, 6.45) is 4.13. The molecular formula is C28H27BrN4O3. The van der Waals surface area contributed by atoms with Crippen LogP contribution >= 0.6 is 15.9 Å². The molecule has 1 heterocycles. The van der Waals surface area contributed by atoms with Gasteiger partial charge in [0, 0.05) is 16.6 Å². The van der Waals surface area contributed by atoms with E-state index in [9.17, 15) is 9.59 Å². The summed E-state index contributed by atoms with van der Waals surface area (Å²) >= 11 is 3.42. The van der Waals surface area contributed by atoms with E-state index in [1.54, 1.807) is 24.4 Å². The minimum absolute atomic E-state index is 0.126. The van der Waals surface area contributed by atoms with E-state index in [0.717, 1.165) is 34.1 Å². The first-order valence-electron chi connectivity index (χ1n) is 11.8. The van der Waals surface area contributed by atoms with Crippen molar-refractivity contribution in [2.45, 2.75) is 33.1 Å². The minimum atomic E-state index is -0.251. The minimum Gasteiger partial charge on any atom is -0.484 e. The zero-order chi connectivity index (χ0) is 25.5. The summed E-state index contributed by atoms with van der Waals surface area (Å²) < 4.78 is 7.84. The Labute approximate surface area is 218 Å². The van der Waals surface area contributed by atoms with Crippen molar-refractivity contribution >= 4 is 44.6 Å². The maximum absolute atomic E-state index is 13.2. The number of amides is 1. The van der Waals surface area contributed by atoms with E-state index in [4.69, 9.17) is 9.72 Å². The second kappa shape index (κ2) is 11.8. The van der Waals surface area contributed by atoms with Crippen LogP contribution in [0, 0.1) is 6.92 Å². The number of nitrogens with one attached hydrogen (secondary N) is 1. The van der Waals surface area contributed by atoms with Crippen LogP contribution in [0.4, 0.5) is 5.69 Å². The number of nitrogens with zero attached hydrogens (tertiary/aromatic N) is 3. The number of rotatable bonds is 9. The van der Waals surface area contributed by atoms with Crippen molar-refractivity contribution < 1.29 is 9.53 Å². The average Bonchev–Trinajstić information content (AvgIpc) is 2.88. The van der Waals surface area contributed by atoms with Gasteiger partial charge in [-0.1, -0.05) is 59.1 Å². The Hall–Kier alpha value is -3.78. The molecule has 0 aliphatic rings. The van der Waals surface area contributed by atoms with Crippen LogP contribution in [-0.4, -0.2) is 28.4 Å². The number of unbranched alkanes of at least 4 members (excludes halogenated alkanes) is 1. The second-order valence-electron chi connectivity index (χ2n) is 8.43. The van der Waals surface area contributed by atoms with Gasteiger partial charge in [0.15, 0.2) is 6.61 Å². The van der Waals surface area contributed by atoms with E-state index in [0.29, 0.717) is 28.9 Å². The molecule has 0 spiro atoms. The van der Waals surface area contributed by atoms with Gasteiger partial charge in [-0.05, 0) is 61.4 Å². The third kappa shape index (κ3) is 6.46. The predicted molar refractivity (Wildman–Crippen MR) is 147 cm³/mol. The van der Waals surface area contributed by atoms with Gasteiger partial charge in [0.1, 0.15) is 11.6 Å². The number of carbonyl (C=O) groups excluding carboxylic acids is 1. The summed E-state index contributed by atoms with van der Waals surface area (Å²) in [5, 5.41) is 7.78. The maximum atomic E-state index is 13.2. The predicted octanol–water partition coefficient (Wildman–Crippen LogP) is 5.71. The molecule has 8 heteroatoms. The third-order valence-electron chi connectivity index (χ3n) is 5.51. The smallest absolute Gasteiger partial charge is 0.282 e. The zero-order valence-corrected chi connectivity index (χ0v) is 21.8. The fraction of sp³-hybridized carbons (Fsp3) is 0.214. The lowest BCUT2D eigenvalue weighted by Crippen LogP contribution is -2.22. The number of anilines is 1. The number of carbonyl (C=O) groups is 1. The fourth-order valence-electron chi connectivity index (χ4n) is 3.60. The topological polar surface area (TPSA) is 85.6 Å². The van der Waals surface area contributed by atoms with Crippen molar-refractivity contribution in [1.82, 2.24) is 9.66 Å². The third-order valence-corrected chi connectivity index (χ3v) is 6.01. The fourth-order valence-corrected chi connectivity index (χ4v) is 3.96. The van der Waals surface area contributed by atoms with Crippen molar-refractivity contribution in [3.8, 4) is 5.75 Å². The van der Waals surface area contributed by atoms with Crippen LogP contribution < -0.4 is 15.6 Å². The van der Waals surface area contributed by atoms with E-state index in [1.165, 1.54) is 4.68 Å². The molecule has 0 aliphatic heterocycles. The number of hydrogen-bond donors (Lipinski definition) is 1. The summed E-state index contributed by atoms with van der Waals surface area (Å²) in [4.78, 5) is 30.2. The quantitative estimate of drug-likeness (QED) is 0.272. The van der Waals surface area contributed by atoms with E-state index in [-0.39, 0.29) is 18.1 Å². The van der Waals surface area contributed by atoms with Crippen LogP contribution in [0.25, 0.3) is 10.9 Å². The SMILES string of the molecule is CCCCc1nc2ccc(Br)cc2c(=O)n1N=Cc1cccc(OCC(=O)Nc2ccc(C)cc2)c1. The second-order valence-corrected chi connectivity index (χ2v) is 9.35. The molecule has 0 saturated heterocycles. The van der Waals surface area contributed by atoms with Crippen molar-refractivity contribution in [2.24, 2.45) is 5.10 Å². The van der Waals surface area contributed by atoms with E-state index in [2.05, 4.69) is 33.3 Å². The monoisotopic (exact) mass is 546 g/mol. The van der Waals surface area contributed by atoms with Crippen LogP contribution in [-0.2, 0) is 11.2 Å². The summed E-state index contributed by atoms with van der Waals surface area (Å²) in [5.41, 5.74) is 3.00. The van der Waals surface area contributed by atoms with Crippen molar-refractivity contribution in [3.05, 3.63) is 98.5 Å². The van der Waals surface area contributed by atoms with Gasteiger partial charge >= 0.3 is 0 Å². The molecule has 0 unspecified atom stereocenters. The van der Waals surface area contributed by atoms with Crippen LogP contribution in [0.15, 0.2) is 81.1 Å². The molecule has 4 aromatic rings. The largest absolute Gasteiger partial charge is 0.484 e. The molecule has 0 fully saturated rings. The van der Waals surface area contributed by atoms with Gasteiger partial charge in [0.05, 0.1) is 17.1 Å². The Balaban J connectivity index is 1.51. The van der Waals surface area contributed by atoms with Crippen LogP contribution in [0.5, 0.6) is 5.75 Å². The molecule has 36 heavy (non-hydrogen) atoms. The van der Waals surface area contributed by atoms with Crippen LogP contribution in [0.1, 0.15) is 36.7 Å². The lowest BCUT2D eigenvalue weighted by atomic mass is 10.2. The summed E-state index contributed by atoms with van der Waals surface area (Å²) in [6.45, 7) is 3.96. The number of aromatic nitrogens is 2. The Morgan fingerprint density at radius 1 is 1.14 bits per heavy atom. The molecular weight excluding hydrogens is 520 g/mol. The molecule has 0 saturated carbocycles. The highest BCUT2D eigenvalue weighted by Gasteiger charge is 2.11. The highest BCUT2D eigenvalue weighted by Crippen LogP contribution is 2.17. The first kappa shape index (κ1) is 25.3. The number of hydrogen-bond acceptors (Lipinski definition) is 5. The normalized spacial score (nSPS) is 11.2. The molecule has 0 aliphatic carbocycles. The Kier molecular flexibility index (Phi) is 8.28. The number of ether oxygens (including phenoxy) is 1. The van der Waals surface area contributed by atoms with Gasteiger partial charge in [-0.2, -0.15) is 9.78 Å². The van der Waals surface area contributed by atoms with Gasteiger partial charge < -0.3 is 10.1 Å². The molecule has 184 valence electrons. The summed E-state index contributed by atoms with van der Waals surface area (Å²) in [6, 6.07) is 20.2. The molecule has 0 radical (unpaired) electrons. The van der Waals surface area contributed by atoms with Crippen LogP contribution in [0.3, 0.4) is 0 Å². The summed E-state index contributed by atoms with van der Waals surface area (Å²) in [7, 11) is 0. The lowest BCUT2D eigenvalue weighted by Gasteiger charge is -2.10. The molecule has 1 aromatic heterocycles. The summed E-state index contributed by atoms with van der Waals surface area (Å²) in [5.74, 6) is 0.892. The Morgan fingerprint density at radius 2 is 1.94 bits per heavy atom. The molecule has 3 aromatic carbocycles. The van der Waals surface area contributed by atoms with Crippen molar-refractivity contribution in [3.63, 3.8) is 0 Å². The van der Waals surface area contributed by atoms with Crippen molar-refractivity contribution in [1.29, 1.82) is 0 Å². The number of aryl methyl sites for hydroxylation is 2. The Bertz CT molecular complexity index is 1460. The highest BCUT2D eigenvalue weighted by molar-refractivity contribution is 9.10. The molecule has 0 atom stereocenters. The van der Waals surface area contributed by atoms with Crippen molar-refractivity contribution in [2.75, 3.05) is 11.9 Å². The molecule has 1 N–H and O–H groups in total. The first-order chi connectivity index (χ1) is 17.4.